The van der Waals surface area contributed by atoms with Gasteiger partial charge in [0.1, 0.15) is 29.8 Å². The molecule has 1 aliphatic rings. The maximum absolute atomic E-state index is 12.0. The van der Waals surface area contributed by atoms with Gasteiger partial charge in [-0.2, -0.15) is 5.26 Å². The molecule has 0 atom stereocenters. The van der Waals surface area contributed by atoms with Crippen molar-refractivity contribution in [3.63, 3.8) is 0 Å². The lowest BCUT2D eigenvalue weighted by Gasteiger charge is -2.30. The van der Waals surface area contributed by atoms with Crippen molar-refractivity contribution < 1.29 is 9.53 Å². The van der Waals surface area contributed by atoms with Gasteiger partial charge in [0.15, 0.2) is 0 Å². The predicted octanol–water partition coefficient (Wildman–Crippen LogP) is 2.38. The number of nitrogens with two attached hydrogens (primary N) is 1. The first-order valence-electron chi connectivity index (χ1n) is 9.73. The van der Waals surface area contributed by atoms with Gasteiger partial charge in [0.25, 0.3) is 0 Å². The van der Waals surface area contributed by atoms with Crippen LogP contribution in [0.2, 0.25) is 0 Å². The van der Waals surface area contributed by atoms with Crippen molar-refractivity contribution in [3.8, 4) is 22.9 Å². The van der Waals surface area contributed by atoms with Gasteiger partial charge < -0.3 is 19.9 Å². The van der Waals surface area contributed by atoms with Crippen molar-refractivity contribution in [2.45, 2.75) is 26.4 Å². The van der Waals surface area contributed by atoms with Crippen molar-refractivity contribution in [1.82, 2.24) is 19.4 Å². The fourth-order valence-corrected chi connectivity index (χ4v) is 3.74. The molecule has 1 amide bonds. The molecule has 3 aromatic rings. The molecule has 3 heterocycles. The van der Waals surface area contributed by atoms with Crippen LogP contribution in [0.3, 0.4) is 0 Å². The maximum Gasteiger partial charge on any atom is 0.219 e. The number of hydrogen-bond acceptors (Lipinski definition) is 6. The summed E-state index contributed by atoms with van der Waals surface area (Å²) in [5, 5.41) is 9.83. The molecule has 0 fully saturated rings. The lowest BCUT2D eigenvalue weighted by Crippen LogP contribution is -2.35. The van der Waals surface area contributed by atoms with Crippen LogP contribution in [0.25, 0.3) is 11.1 Å². The van der Waals surface area contributed by atoms with Crippen molar-refractivity contribution in [1.29, 1.82) is 5.26 Å². The number of anilines is 1. The van der Waals surface area contributed by atoms with Crippen LogP contribution < -0.4 is 10.5 Å². The third-order valence-corrected chi connectivity index (χ3v) is 5.26. The van der Waals surface area contributed by atoms with Crippen molar-refractivity contribution in [3.05, 3.63) is 59.8 Å². The minimum Gasteiger partial charge on any atom is -0.491 e. The number of fused-ring (bicyclic) bond motifs is 1. The van der Waals surface area contributed by atoms with Gasteiger partial charge in [-0.15, -0.1) is 0 Å². The van der Waals surface area contributed by atoms with E-state index in [0.717, 1.165) is 16.8 Å². The molecule has 1 aliphatic heterocycles. The molecule has 152 valence electrons. The van der Waals surface area contributed by atoms with Crippen LogP contribution in [-0.2, 0) is 24.3 Å². The van der Waals surface area contributed by atoms with E-state index in [0.29, 0.717) is 49.5 Å². The van der Waals surface area contributed by atoms with Crippen LogP contribution >= 0.6 is 0 Å². The van der Waals surface area contributed by atoms with E-state index in [1.165, 1.54) is 0 Å². The van der Waals surface area contributed by atoms with Crippen LogP contribution in [0.15, 0.2) is 43.0 Å². The minimum absolute atomic E-state index is 0.00759. The molecule has 8 heteroatoms. The van der Waals surface area contributed by atoms with Crippen LogP contribution in [0.5, 0.6) is 5.75 Å². The molecular weight excluding hydrogens is 380 g/mol. The highest BCUT2D eigenvalue weighted by atomic mass is 16.5. The number of nitrogens with zero attached hydrogens (tertiary/aromatic N) is 5. The largest absolute Gasteiger partial charge is 0.491 e. The molecular formula is C22H22N6O2. The third-order valence-electron chi connectivity index (χ3n) is 5.26. The number of benzene rings is 1. The number of nitrogen functional groups attached to an aromatic ring is 1. The first kappa shape index (κ1) is 19.5. The maximum atomic E-state index is 12.0. The molecule has 0 bridgehead atoms. The molecule has 8 nitrogen and oxygen atoms in total. The SMILES string of the molecule is CC(=O)N1CCc2nc(N)c(C#N)c(-c3ccccc3OCCn3ccnc3)c2C1. The van der Waals surface area contributed by atoms with Gasteiger partial charge in [-0.05, 0) is 6.07 Å². The summed E-state index contributed by atoms with van der Waals surface area (Å²) in [6.07, 6.45) is 5.93. The highest BCUT2D eigenvalue weighted by Gasteiger charge is 2.27. The molecule has 2 aromatic heterocycles. The Labute approximate surface area is 174 Å². The summed E-state index contributed by atoms with van der Waals surface area (Å²) in [4.78, 5) is 22.2. The van der Waals surface area contributed by atoms with Crippen LogP contribution in [0.4, 0.5) is 5.82 Å². The fraction of sp³-hybridized carbons (Fsp3) is 0.273. The van der Waals surface area contributed by atoms with Gasteiger partial charge in [0, 0.05) is 55.5 Å². The Kier molecular flexibility index (Phi) is 5.35. The second-order valence-electron chi connectivity index (χ2n) is 7.12. The second kappa shape index (κ2) is 8.25. The number of carbonyl (C=O) groups excluding carboxylic acids is 1. The standard InChI is InChI=1S/C22H22N6O2/c1-15(29)28-8-6-19-18(13-28)21(17(12-23)22(24)26-19)16-4-2-3-5-20(16)30-11-10-27-9-7-25-14-27/h2-5,7,9,14H,6,8,10-11,13H2,1H3,(H2,24,26). The zero-order chi connectivity index (χ0) is 21.1. The average Bonchev–Trinajstić information content (AvgIpc) is 3.26. The van der Waals surface area contributed by atoms with E-state index in [4.69, 9.17) is 10.5 Å². The Morgan fingerprint density at radius 1 is 1.37 bits per heavy atom. The average molecular weight is 402 g/mol. The predicted molar refractivity (Wildman–Crippen MR) is 111 cm³/mol. The number of nitriles is 1. The third kappa shape index (κ3) is 3.70. The molecule has 30 heavy (non-hydrogen) atoms. The number of aromatic nitrogens is 3. The highest BCUT2D eigenvalue weighted by Crippen LogP contribution is 2.39. The number of pyridine rings is 1. The Morgan fingerprint density at radius 2 is 2.20 bits per heavy atom. The molecule has 0 unspecified atom stereocenters. The normalized spacial score (nSPS) is 12.9. The Bertz CT molecular complexity index is 1120. The molecule has 0 spiro atoms. The number of rotatable bonds is 5. The van der Waals surface area contributed by atoms with Crippen LogP contribution in [-0.4, -0.2) is 38.5 Å². The Hall–Kier alpha value is -3.86. The Balaban J connectivity index is 1.76. The van der Waals surface area contributed by atoms with Gasteiger partial charge in [0.05, 0.1) is 18.6 Å². The molecule has 0 radical (unpaired) electrons. The van der Waals surface area contributed by atoms with Crippen molar-refractivity contribution in [2.75, 3.05) is 18.9 Å². The molecule has 1 aromatic carbocycles. The summed E-state index contributed by atoms with van der Waals surface area (Å²) >= 11 is 0. The zero-order valence-corrected chi connectivity index (χ0v) is 16.7. The first-order valence-corrected chi connectivity index (χ1v) is 9.73. The zero-order valence-electron chi connectivity index (χ0n) is 16.7. The van der Waals surface area contributed by atoms with Crippen LogP contribution in [0, 0.1) is 11.3 Å². The molecule has 0 saturated carbocycles. The van der Waals surface area contributed by atoms with E-state index in [2.05, 4.69) is 16.0 Å². The van der Waals surface area contributed by atoms with Gasteiger partial charge >= 0.3 is 0 Å². The number of imidazole rings is 1. The fourth-order valence-electron chi connectivity index (χ4n) is 3.74. The smallest absolute Gasteiger partial charge is 0.219 e. The van der Waals surface area contributed by atoms with Crippen molar-refractivity contribution >= 4 is 11.7 Å². The van der Waals surface area contributed by atoms with E-state index in [1.54, 1.807) is 24.3 Å². The molecule has 2 N–H and O–H groups in total. The van der Waals surface area contributed by atoms with E-state index in [-0.39, 0.29) is 11.7 Å². The summed E-state index contributed by atoms with van der Waals surface area (Å²) < 4.78 is 8.00. The summed E-state index contributed by atoms with van der Waals surface area (Å²) in [7, 11) is 0. The summed E-state index contributed by atoms with van der Waals surface area (Å²) in [5.41, 5.74) is 9.60. The van der Waals surface area contributed by atoms with Gasteiger partial charge in [-0.1, -0.05) is 18.2 Å². The summed E-state index contributed by atoms with van der Waals surface area (Å²) in [6, 6.07) is 9.78. The lowest BCUT2D eigenvalue weighted by molar-refractivity contribution is -0.129. The van der Waals surface area contributed by atoms with Gasteiger partial charge in [0.2, 0.25) is 5.91 Å². The number of hydrogen-bond donors (Lipinski definition) is 1. The van der Waals surface area contributed by atoms with Crippen molar-refractivity contribution in [2.24, 2.45) is 0 Å². The quantitative estimate of drug-likeness (QED) is 0.702. The van der Waals surface area contributed by atoms with E-state index < -0.39 is 0 Å². The number of carbonyl (C=O) groups is 1. The van der Waals surface area contributed by atoms with E-state index >= 15 is 0 Å². The molecule has 0 aliphatic carbocycles. The Morgan fingerprint density at radius 3 is 2.93 bits per heavy atom. The second-order valence-corrected chi connectivity index (χ2v) is 7.12. The lowest BCUT2D eigenvalue weighted by atomic mass is 9.90. The van der Waals surface area contributed by atoms with Crippen LogP contribution in [0.1, 0.15) is 23.7 Å². The van der Waals surface area contributed by atoms with E-state index in [1.807, 2.05) is 35.0 Å². The number of para-hydroxylation sites is 1. The van der Waals surface area contributed by atoms with Gasteiger partial charge in [-0.25, -0.2) is 9.97 Å². The highest BCUT2D eigenvalue weighted by molar-refractivity contribution is 5.83. The number of ether oxygens (including phenoxy) is 1. The molecule has 0 saturated heterocycles. The summed E-state index contributed by atoms with van der Waals surface area (Å²) in [5.74, 6) is 0.851. The van der Waals surface area contributed by atoms with Gasteiger partial charge in [-0.3, -0.25) is 4.79 Å². The first-order chi connectivity index (χ1) is 14.6. The van der Waals surface area contributed by atoms with E-state index in [9.17, 15) is 10.1 Å². The minimum atomic E-state index is -0.00759. The monoisotopic (exact) mass is 402 g/mol. The molecule has 4 rings (SSSR count). The summed E-state index contributed by atoms with van der Waals surface area (Å²) in [6.45, 7) is 3.62. The number of amides is 1. The topological polar surface area (TPSA) is 110 Å².